The molecule has 0 aliphatic rings. The summed E-state index contributed by atoms with van der Waals surface area (Å²) in [6.07, 6.45) is -0.984. The summed E-state index contributed by atoms with van der Waals surface area (Å²) in [6.45, 7) is 1.33. The molecule has 0 bridgehead atoms. The zero-order chi connectivity index (χ0) is 8.15. The quantitative estimate of drug-likeness (QED) is 0.613. The Bertz CT molecular complexity index is 116. The lowest BCUT2D eigenvalue weighted by molar-refractivity contribution is -0.137. The summed E-state index contributed by atoms with van der Waals surface area (Å²) in [5.41, 5.74) is 5.23. The maximum absolute atomic E-state index is 12.2. The van der Waals surface area contributed by atoms with E-state index in [1.165, 1.54) is 6.92 Å². The van der Waals surface area contributed by atoms with Crippen molar-refractivity contribution in [1.82, 2.24) is 0 Å². The van der Waals surface area contributed by atoms with Crippen LogP contribution in [0, 0.1) is 0 Å². The van der Waals surface area contributed by atoms with Crippen LogP contribution >= 0.6 is 0 Å². The van der Waals surface area contributed by atoms with Crippen LogP contribution in [-0.2, 0) is 4.79 Å². The molecule has 2 unspecified atom stereocenters. The first-order valence-corrected chi connectivity index (χ1v) is 3.15. The van der Waals surface area contributed by atoms with Crippen molar-refractivity contribution >= 4 is 5.97 Å². The summed E-state index contributed by atoms with van der Waals surface area (Å²) < 4.78 is 12.2. The third kappa shape index (κ3) is 4.26. The van der Waals surface area contributed by atoms with Crippen LogP contribution in [0.5, 0.6) is 0 Å². The molecule has 4 heteroatoms. The average Bonchev–Trinajstić information content (AvgIpc) is 1.82. The van der Waals surface area contributed by atoms with E-state index in [0.717, 1.165) is 0 Å². The van der Waals surface area contributed by atoms with E-state index in [9.17, 15) is 9.18 Å². The molecular weight excluding hydrogens is 137 g/mol. The van der Waals surface area contributed by atoms with Gasteiger partial charge in [0.1, 0.15) is 6.17 Å². The second-order valence-electron chi connectivity index (χ2n) is 2.27. The van der Waals surface area contributed by atoms with E-state index in [0.29, 0.717) is 0 Å². The van der Waals surface area contributed by atoms with Crippen molar-refractivity contribution in [3.05, 3.63) is 0 Å². The van der Waals surface area contributed by atoms with Gasteiger partial charge in [-0.05, 0) is 13.3 Å². The SMILES string of the molecule is CC(F)C(N)CCC(=O)O. The fourth-order valence-corrected chi connectivity index (χ4v) is 0.520. The number of alkyl halides is 1. The predicted molar refractivity (Wildman–Crippen MR) is 35.4 cm³/mol. The van der Waals surface area contributed by atoms with Gasteiger partial charge in [0.05, 0.1) is 0 Å². The van der Waals surface area contributed by atoms with E-state index in [-0.39, 0.29) is 12.8 Å². The van der Waals surface area contributed by atoms with Crippen LogP contribution in [0.4, 0.5) is 4.39 Å². The Morgan fingerprint density at radius 2 is 2.30 bits per heavy atom. The Morgan fingerprint density at radius 1 is 1.80 bits per heavy atom. The second kappa shape index (κ2) is 4.22. The topological polar surface area (TPSA) is 63.3 Å². The van der Waals surface area contributed by atoms with Gasteiger partial charge in [0.15, 0.2) is 0 Å². The van der Waals surface area contributed by atoms with E-state index in [1.807, 2.05) is 0 Å². The molecule has 0 amide bonds. The van der Waals surface area contributed by atoms with Gasteiger partial charge in [-0.2, -0.15) is 0 Å². The lowest BCUT2D eigenvalue weighted by atomic mass is 10.1. The summed E-state index contributed by atoms with van der Waals surface area (Å²) in [7, 11) is 0. The van der Waals surface area contributed by atoms with E-state index in [2.05, 4.69) is 0 Å². The van der Waals surface area contributed by atoms with E-state index in [1.54, 1.807) is 0 Å². The van der Waals surface area contributed by atoms with Crippen LogP contribution in [-0.4, -0.2) is 23.3 Å². The Morgan fingerprint density at radius 3 is 2.60 bits per heavy atom. The van der Waals surface area contributed by atoms with Crippen molar-refractivity contribution in [3.63, 3.8) is 0 Å². The highest BCUT2D eigenvalue weighted by Crippen LogP contribution is 2.02. The number of nitrogens with two attached hydrogens (primary N) is 1. The van der Waals surface area contributed by atoms with Gasteiger partial charge in [-0.1, -0.05) is 0 Å². The number of carbonyl (C=O) groups is 1. The second-order valence-corrected chi connectivity index (χ2v) is 2.27. The van der Waals surface area contributed by atoms with Crippen molar-refractivity contribution in [3.8, 4) is 0 Å². The summed E-state index contributed by atoms with van der Waals surface area (Å²) in [6, 6.07) is -0.643. The summed E-state index contributed by atoms with van der Waals surface area (Å²) >= 11 is 0. The summed E-state index contributed by atoms with van der Waals surface area (Å²) in [5.74, 6) is -0.934. The summed E-state index contributed by atoms with van der Waals surface area (Å²) in [5, 5.41) is 8.17. The first-order valence-electron chi connectivity index (χ1n) is 3.15. The summed E-state index contributed by atoms with van der Waals surface area (Å²) in [4.78, 5) is 9.95. The first-order chi connectivity index (χ1) is 4.54. The minimum Gasteiger partial charge on any atom is -0.481 e. The van der Waals surface area contributed by atoms with Crippen LogP contribution in [0.15, 0.2) is 0 Å². The molecule has 0 saturated heterocycles. The molecule has 0 aliphatic heterocycles. The molecule has 0 fully saturated rings. The molecule has 0 aromatic rings. The van der Waals surface area contributed by atoms with Gasteiger partial charge < -0.3 is 10.8 Å². The van der Waals surface area contributed by atoms with Gasteiger partial charge in [-0.3, -0.25) is 4.79 Å². The molecule has 0 saturated carbocycles. The molecule has 10 heavy (non-hydrogen) atoms. The van der Waals surface area contributed by atoms with Crippen molar-refractivity contribution in [2.24, 2.45) is 5.73 Å². The highest BCUT2D eigenvalue weighted by molar-refractivity contribution is 5.66. The Balaban J connectivity index is 3.39. The van der Waals surface area contributed by atoms with Gasteiger partial charge in [-0.25, -0.2) is 4.39 Å². The monoisotopic (exact) mass is 149 g/mol. The van der Waals surface area contributed by atoms with Crippen molar-refractivity contribution in [2.45, 2.75) is 32.0 Å². The lowest BCUT2D eigenvalue weighted by Gasteiger charge is -2.09. The van der Waals surface area contributed by atoms with Crippen LogP contribution in [0.1, 0.15) is 19.8 Å². The molecule has 0 aromatic heterocycles. The van der Waals surface area contributed by atoms with Crippen molar-refractivity contribution in [2.75, 3.05) is 0 Å². The Kier molecular flexibility index (Phi) is 3.95. The molecule has 3 nitrogen and oxygen atoms in total. The van der Waals surface area contributed by atoms with E-state index >= 15 is 0 Å². The maximum atomic E-state index is 12.2. The molecule has 2 atom stereocenters. The highest BCUT2D eigenvalue weighted by Gasteiger charge is 2.11. The van der Waals surface area contributed by atoms with Crippen LogP contribution in [0.3, 0.4) is 0 Å². The number of hydrogen-bond donors (Lipinski definition) is 2. The number of carboxylic acids is 1. The zero-order valence-electron chi connectivity index (χ0n) is 5.88. The Labute approximate surface area is 59.0 Å². The fraction of sp³-hybridized carbons (Fsp3) is 0.833. The molecule has 0 heterocycles. The lowest BCUT2D eigenvalue weighted by Crippen LogP contribution is -2.29. The third-order valence-corrected chi connectivity index (χ3v) is 1.28. The van der Waals surface area contributed by atoms with Crippen molar-refractivity contribution in [1.29, 1.82) is 0 Å². The van der Waals surface area contributed by atoms with Gasteiger partial charge in [-0.15, -0.1) is 0 Å². The smallest absolute Gasteiger partial charge is 0.303 e. The molecule has 0 spiro atoms. The molecule has 0 aliphatic carbocycles. The molecule has 0 rings (SSSR count). The van der Waals surface area contributed by atoms with E-state index in [4.69, 9.17) is 10.8 Å². The largest absolute Gasteiger partial charge is 0.481 e. The third-order valence-electron chi connectivity index (χ3n) is 1.28. The number of rotatable bonds is 4. The van der Waals surface area contributed by atoms with Crippen LogP contribution < -0.4 is 5.73 Å². The maximum Gasteiger partial charge on any atom is 0.303 e. The Hall–Kier alpha value is -0.640. The zero-order valence-corrected chi connectivity index (χ0v) is 5.88. The number of hydrogen-bond acceptors (Lipinski definition) is 2. The normalized spacial score (nSPS) is 16.3. The fourth-order valence-electron chi connectivity index (χ4n) is 0.520. The molecule has 60 valence electrons. The molecule has 3 N–H and O–H groups in total. The minimum absolute atomic E-state index is 0.0601. The van der Waals surface area contributed by atoms with Gasteiger partial charge in [0, 0.05) is 12.5 Å². The number of aliphatic carboxylic acids is 1. The number of halogens is 1. The van der Waals surface area contributed by atoms with Gasteiger partial charge in [0.25, 0.3) is 0 Å². The molecular formula is C6H12FNO2. The van der Waals surface area contributed by atoms with Crippen molar-refractivity contribution < 1.29 is 14.3 Å². The van der Waals surface area contributed by atoms with Gasteiger partial charge in [0.2, 0.25) is 0 Å². The average molecular weight is 149 g/mol. The number of carboxylic acid groups (broad SMARTS) is 1. The highest BCUT2D eigenvalue weighted by atomic mass is 19.1. The van der Waals surface area contributed by atoms with Crippen LogP contribution in [0.2, 0.25) is 0 Å². The van der Waals surface area contributed by atoms with E-state index < -0.39 is 18.2 Å². The van der Waals surface area contributed by atoms with Gasteiger partial charge >= 0.3 is 5.97 Å². The standard InChI is InChI=1S/C6H12FNO2/c1-4(7)5(8)2-3-6(9)10/h4-5H,2-3,8H2,1H3,(H,9,10). The predicted octanol–water partition coefficient (Wildman–Crippen LogP) is 0.536. The first kappa shape index (κ1) is 9.36. The minimum atomic E-state index is -1.13. The molecule has 0 radical (unpaired) electrons. The molecule has 0 aromatic carbocycles. The van der Waals surface area contributed by atoms with Crippen LogP contribution in [0.25, 0.3) is 0 Å².